The van der Waals surface area contributed by atoms with Gasteiger partial charge in [-0.25, -0.2) is 0 Å². The molecule has 162 valence electrons. The number of fused-ring (bicyclic) bond motifs is 1. The molecule has 4 rings (SSSR count). The Bertz CT molecular complexity index is 958. The van der Waals surface area contributed by atoms with Crippen LogP contribution in [0.15, 0.2) is 18.2 Å². The Hall–Kier alpha value is -3.18. The van der Waals surface area contributed by atoms with Gasteiger partial charge in [-0.05, 0) is 56.5 Å². The fourth-order valence-electron chi connectivity index (χ4n) is 4.35. The van der Waals surface area contributed by atoms with Crippen molar-refractivity contribution in [2.24, 2.45) is 5.92 Å². The van der Waals surface area contributed by atoms with Crippen LogP contribution in [-0.2, 0) is 9.59 Å². The number of amides is 4. The van der Waals surface area contributed by atoms with Crippen molar-refractivity contribution in [3.05, 3.63) is 29.3 Å². The molecule has 2 fully saturated rings. The number of imide groups is 2. The molecule has 1 atom stereocenters. The molecule has 0 aliphatic carbocycles. The van der Waals surface area contributed by atoms with E-state index < -0.39 is 29.7 Å². The van der Waals surface area contributed by atoms with Gasteiger partial charge in [0.1, 0.15) is 11.8 Å². The summed E-state index contributed by atoms with van der Waals surface area (Å²) in [7, 11) is 0. The Morgan fingerprint density at radius 3 is 2.52 bits per heavy atom. The number of carbonyl (C=O) groups is 4. The van der Waals surface area contributed by atoms with Gasteiger partial charge in [0.25, 0.3) is 11.8 Å². The molecule has 4 amide bonds. The van der Waals surface area contributed by atoms with E-state index in [1.807, 2.05) is 0 Å². The highest BCUT2D eigenvalue weighted by Gasteiger charge is 2.44. The summed E-state index contributed by atoms with van der Waals surface area (Å²) in [5, 5.41) is 2.19. The first kappa shape index (κ1) is 21.1. The number of ether oxygens (including phenoxy) is 1. The smallest absolute Gasteiger partial charge is 0.262 e. The zero-order valence-corrected chi connectivity index (χ0v) is 17.3. The Morgan fingerprint density at radius 1 is 1.06 bits per heavy atom. The van der Waals surface area contributed by atoms with Gasteiger partial charge in [0, 0.05) is 19.4 Å². The highest BCUT2D eigenvalue weighted by atomic mass is 16.5. The number of nitrogens with zero attached hydrogens (tertiary/aromatic N) is 2. The molecule has 1 unspecified atom stereocenters. The van der Waals surface area contributed by atoms with Crippen molar-refractivity contribution < 1.29 is 23.9 Å². The summed E-state index contributed by atoms with van der Waals surface area (Å²) in [6.07, 6.45) is 8.37. The molecule has 0 aromatic heterocycles. The maximum Gasteiger partial charge on any atom is 0.262 e. The van der Waals surface area contributed by atoms with Gasteiger partial charge in [0.2, 0.25) is 11.8 Å². The minimum absolute atomic E-state index is 0.0969. The van der Waals surface area contributed by atoms with E-state index in [1.165, 1.54) is 0 Å². The molecule has 8 heteroatoms. The second kappa shape index (κ2) is 8.90. The van der Waals surface area contributed by atoms with E-state index in [4.69, 9.17) is 11.2 Å². The van der Waals surface area contributed by atoms with Crippen molar-refractivity contribution in [2.75, 3.05) is 26.2 Å². The Morgan fingerprint density at radius 2 is 1.81 bits per heavy atom. The normalized spacial score (nSPS) is 22.3. The van der Waals surface area contributed by atoms with Crippen molar-refractivity contribution in [1.82, 2.24) is 15.1 Å². The molecule has 2 saturated heterocycles. The fourth-order valence-corrected chi connectivity index (χ4v) is 4.35. The van der Waals surface area contributed by atoms with Crippen molar-refractivity contribution in [1.29, 1.82) is 0 Å². The molecule has 31 heavy (non-hydrogen) atoms. The van der Waals surface area contributed by atoms with Crippen LogP contribution >= 0.6 is 0 Å². The minimum Gasteiger partial charge on any atom is -0.493 e. The molecule has 0 bridgehead atoms. The van der Waals surface area contributed by atoms with Gasteiger partial charge in [0.15, 0.2) is 0 Å². The van der Waals surface area contributed by atoms with E-state index in [9.17, 15) is 19.2 Å². The molecule has 0 radical (unpaired) electrons. The molecule has 3 heterocycles. The van der Waals surface area contributed by atoms with E-state index in [1.54, 1.807) is 18.2 Å². The number of likely N-dealkylation sites (tertiary alicyclic amines) is 1. The van der Waals surface area contributed by atoms with Gasteiger partial charge in [-0.15, -0.1) is 12.3 Å². The highest BCUT2D eigenvalue weighted by molar-refractivity contribution is 6.23. The second-order valence-corrected chi connectivity index (χ2v) is 8.20. The van der Waals surface area contributed by atoms with Crippen LogP contribution in [0, 0.1) is 18.3 Å². The van der Waals surface area contributed by atoms with Gasteiger partial charge in [-0.2, -0.15) is 0 Å². The number of hydrogen-bond acceptors (Lipinski definition) is 6. The Balaban J connectivity index is 1.37. The summed E-state index contributed by atoms with van der Waals surface area (Å²) in [6, 6.07) is 3.86. The summed E-state index contributed by atoms with van der Waals surface area (Å²) in [5.41, 5.74) is 0.486. The fraction of sp³-hybridized carbons (Fsp3) is 0.478. The number of benzene rings is 1. The van der Waals surface area contributed by atoms with Crippen molar-refractivity contribution in [3.8, 4) is 18.1 Å². The summed E-state index contributed by atoms with van der Waals surface area (Å²) in [6.45, 7) is 3.46. The topological polar surface area (TPSA) is 96.0 Å². The first-order valence-corrected chi connectivity index (χ1v) is 10.6. The van der Waals surface area contributed by atoms with Gasteiger partial charge in [-0.3, -0.25) is 29.4 Å². The Labute approximate surface area is 180 Å². The molecule has 3 aliphatic rings. The number of rotatable bonds is 6. The lowest BCUT2D eigenvalue weighted by molar-refractivity contribution is -0.136. The Kier molecular flexibility index (Phi) is 6.05. The second-order valence-electron chi connectivity index (χ2n) is 8.20. The quantitative estimate of drug-likeness (QED) is 0.546. The number of hydrogen-bond donors (Lipinski definition) is 1. The predicted molar refractivity (Wildman–Crippen MR) is 111 cm³/mol. The zero-order chi connectivity index (χ0) is 22.0. The lowest BCUT2D eigenvalue weighted by atomic mass is 9.97. The van der Waals surface area contributed by atoms with Gasteiger partial charge in [-0.1, -0.05) is 0 Å². The maximum absolute atomic E-state index is 12.9. The van der Waals surface area contributed by atoms with E-state index in [0.717, 1.165) is 43.8 Å². The molecule has 8 nitrogen and oxygen atoms in total. The highest BCUT2D eigenvalue weighted by Crippen LogP contribution is 2.30. The van der Waals surface area contributed by atoms with Crippen molar-refractivity contribution in [2.45, 2.75) is 38.1 Å². The monoisotopic (exact) mass is 423 g/mol. The van der Waals surface area contributed by atoms with Gasteiger partial charge >= 0.3 is 0 Å². The molecule has 3 aliphatic heterocycles. The van der Waals surface area contributed by atoms with E-state index in [0.29, 0.717) is 18.3 Å². The summed E-state index contributed by atoms with van der Waals surface area (Å²) in [4.78, 5) is 52.5. The van der Waals surface area contributed by atoms with E-state index in [2.05, 4.69) is 16.1 Å². The third-order valence-electron chi connectivity index (χ3n) is 6.18. The standard InChI is InChI=1S/C23H25N3O5/c1-2-3-10-25-11-8-15(9-12-25)14-31-16-4-5-17-18(13-16)23(30)26(22(17)29)19-6-7-20(27)24-21(19)28/h1,4-5,13,15,19H,3,6-12,14H2,(H,24,27,28). The van der Waals surface area contributed by atoms with E-state index in [-0.39, 0.29) is 24.0 Å². The summed E-state index contributed by atoms with van der Waals surface area (Å²) < 4.78 is 5.93. The molecule has 1 N–H and O–H groups in total. The molecule has 0 saturated carbocycles. The average molecular weight is 423 g/mol. The number of terminal acetylenes is 1. The van der Waals surface area contributed by atoms with Crippen LogP contribution in [-0.4, -0.2) is 65.7 Å². The average Bonchev–Trinajstić information content (AvgIpc) is 3.01. The lowest BCUT2D eigenvalue weighted by Gasteiger charge is -2.31. The van der Waals surface area contributed by atoms with Crippen LogP contribution in [0.25, 0.3) is 0 Å². The van der Waals surface area contributed by atoms with E-state index >= 15 is 0 Å². The van der Waals surface area contributed by atoms with Crippen molar-refractivity contribution >= 4 is 23.6 Å². The van der Waals surface area contributed by atoms with Crippen molar-refractivity contribution in [3.63, 3.8) is 0 Å². The number of carbonyl (C=O) groups excluding carboxylic acids is 4. The van der Waals surface area contributed by atoms with Gasteiger partial charge in [0.05, 0.1) is 17.7 Å². The largest absolute Gasteiger partial charge is 0.493 e. The maximum atomic E-state index is 12.9. The van der Waals surface area contributed by atoms with Crippen LogP contribution in [0.3, 0.4) is 0 Å². The zero-order valence-electron chi connectivity index (χ0n) is 17.3. The number of nitrogens with one attached hydrogen (secondary N) is 1. The summed E-state index contributed by atoms with van der Waals surface area (Å²) >= 11 is 0. The van der Waals surface area contributed by atoms with Crippen LogP contribution in [0.2, 0.25) is 0 Å². The minimum atomic E-state index is -0.964. The van der Waals surface area contributed by atoms with Crippen LogP contribution in [0.4, 0.5) is 0 Å². The lowest BCUT2D eigenvalue weighted by Crippen LogP contribution is -2.54. The predicted octanol–water partition coefficient (Wildman–Crippen LogP) is 1.20. The molecule has 0 spiro atoms. The third-order valence-corrected chi connectivity index (χ3v) is 6.18. The number of piperidine rings is 2. The SMILES string of the molecule is C#CCCN1CCC(COc2ccc3c(c2)C(=O)N(C2CCC(=O)NC2=O)C3=O)CC1. The van der Waals surface area contributed by atoms with Gasteiger partial charge < -0.3 is 9.64 Å². The van der Waals surface area contributed by atoms with Crippen LogP contribution in [0.1, 0.15) is 52.8 Å². The molecular weight excluding hydrogens is 398 g/mol. The van der Waals surface area contributed by atoms with Crippen LogP contribution < -0.4 is 10.1 Å². The molecule has 1 aromatic rings. The summed E-state index contributed by atoms with van der Waals surface area (Å²) in [5.74, 6) is 1.57. The third kappa shape index (κ3) is 4.32. The molecule has 1 aromatic carbocycles. The first-order valence-electron chi connectivity index (χ1n) is 10.6. The molecular formula is C23H25N3O5. The first-order chi connectivity index (χ1) is 15.0. The van der Waals surface area contributed by atoms with Crippen LogP contribution in [0.5, 0.6) is 5.75 Å².